The predicted octanol–water partition coefficient (Wildman–Crippen LogP) is 4.72. The van der Waals surface area contributed by atoms with Gasteiger partial charge in [-0.25, -0.2) is 0 Å². The number of amides is 1. The Bertz CT molecular complexity index is 672. The number of anilines is 1. The lowest BCUT2D eigenvalue weighted by Crippen LogP contribution is -2.34. The Morgan fingerprint density at radius 1 is 1.05 bits per heavy atom. The zero-order chi connectivity index (χ0) is 15.4. The summed E-state index contributed by atoms with van der Waals surface area (Å²) in [6.45, 7) is 0. The van der Waals surface area contributed by atoms with Gasteiger partial charge in [-0.2, -0.15) is 0 Å². The molecular formula is C14H9Cl2IN2OS. The highest BCUT2D eigenvalue weighted by Gasteiger charge is 2.10. The van der Waals surface area contributed by atoms with E-state index in [1.165, 1.54) is 12.1 Å². The number of benzene rings is 2. The molecule has 0 unspecified atom stereocenters. The van der Waals surface area contributed by atoms with Gasteiger partial charge in [0.1, 0.15) is 0 Å². The van der Waals surface area contributed by atoms with Crippen molar-refractivity contribution in [2.24, 2.45) is 0 Å². The molecule has 0 aliphatic rings. The smallest absolute Gasteiger partial charge is 0.257 e. The van der Waals surface area contributed by atoms with Gasteiger partial charge in [-0.15, -0.1) is 0 Å². The van der Waals surface area contributed by atoms with Gasteiger partial charge in [0.15, 0.2) is 5.11 Å². The summed E-state index contributed by atoms with van der Waals surface area (Å²) in [5, 5.41) is 6.50. The normalized spacial score (nSPS) is 10.0. The summed E-state index contributed by atoms with van der Waals surface area (Å²) >= 11 is 19.0. The summed E-state index contributed by atoms with van der Waals surface area (Å²) in [5.74, 6) is -0.373. The van der Waals surface area contributed by atoms with Crippen LogP contribution in [-0.2, 0) is 0 Å². The summed E-state index contributed by atoms with van der Waals surface area (Å²) in [7, 11) is 0. The molecule has 2 aromatic carbocycles. The summed E-state index contributed by atoms with van der Waals surface area (Å²) in [6, 6.07) is 12.2. The standard InChI is InChI=1S/C14H9Cl2IN2OS/c15-9-5-8(6-10(16)7-9)13(20)19-14(21)18-12-3-1-11(17)2-4-12/h1-7H,(H2,18,19,20,21). The number of carbonyl (C=O) groups excluding carboxylic acids is 1. The average Bonchev–Trinajstić information content (AvgIpc) is 2.40. The largest absolute Gasteiger partial charge is 0.332 e. The Balaban J connectivity index is 2.01. The zero-order valence-electron chi connectivity index (χ0n) is 10.5. The van der Waals surface area contributed by atoms with E-state index >= 15 is 0 Å². The van der Waals surface area contributed by atoms with Crippen LogP contribution in [0, 0.1) is 3.57 Å². The highest BCUT2D eigenvalue weighted by atomic mass is 127. The van der Waals surface area contributed by atoms with Crippen LogP contribution in [0.5, 0.6) is 0 Å². The van der Waals surface area contributed by atoms with Crippen LogP contribution < -0.4 is 10.6 Å². The lowest BCUT2D eigenvalue weighted by atomic mass is 10.2. The molecular weight excluding hydrogens is 442 g/mol. The predicted molar refractivity (Wildman–Crippen MR) is 99.3 cm³/mol. The molecule has 0 aromatic heterocycles. The van der Waals surface area contributed by atoms with Crippen LogP contribution in [0.15, 0.2) is 42.5 Å². The van der Waals surface area contributed by atoms with Gasteiger partial charge in [0.05, 0.1) is 0 Å². The van der Waals surface area contributed by atoms with Crippen LogP contribution in [-0.4, -0.2) is 11.0 Å². The van der Waals surface area contributed by atoms with E-state index in [2.05, 4.69) is 33.2 Å². The van der Waals surface area contributed by atoms with Crippen molar-refractivity contribution in [1.82, 2.24) is 5.32 Å². The van der Waals surface area contributed by atoms with Gasteiger partial charge in [0.2, 0.25) is 0 Å². The molecule has 2 rings (SSSR count). The van der Waals surface area contributed by atoms with Gasteiger partial charge in [-0.3, -0.25) is 10.1 Å². The maximum Gasteiger partial charge on any atom is 0.257 e. The summed E-state index contributed by atoms with van der Waals surface area (Å²) in [4.78, 5) is 12.0. The fourth-order valence-corrected chi connectivity index (χ4v) is 2.65. The number of thiocarbonyl (C=S) groups is 1. The van der Waals surface area contributed by atoms with Gasteiger partial charge < -0.3 is 5.32 Å². The SMILES string of the molecule is O=C(NC(=S)Nc1ccc(I)cc1)c1cc(Cl)cc(Cl)c1. The topological polar surface area (TPSA) is 41.1 Å². The van der Waals surface area contributed by atoms with E-state index in [1.807, 2.05) is 24.3 Å². The van der Waals surface area contributed by atoms with Crippen LogP contribution in [0.4, 0.5) is 5.69 Å². The number of rotatable bonds is 2. The number of halogens is 3. The Morgan fingerprint density at radius 2 is 1.62 bits per heavy atom. The summed E-state index contributed by atoms with van der Waals surface area (Å²) < 4.78 is 1.11. The molecule has 2 N–H and O–H groups in total. The molecule has 0 saturated carbocycles. The molecule has 0 bridgehead atoms. The minimum absolute atomic E-state index is 0.206. The quantitative estimate of drug-likeness (QED) is 0.513. The molecule has 0 spiro atoms. The summed E-state index contributed by atoms with van der Waals surface area (Å²) in [5.41, 5.74) is 1.14. The van der Waals surface area contributed by atoms with Crippen molar-refractivity contribution in [1.29, 1.82) is 0 Å². The van der Waals surface area contributed by atoms with Crippen LogP contribution in [0.25, 0.3) is 0 Å². The molecule has 0 aliphatic carbocycles. The van der Waals surface area contributed by atoms with Crippen molar-refractivity contribution in [2.75, 3.05) is 5.32 Å². The fourth-order valence-electron chi connectivity index (χ4n) is 1.56. The third kappa shape index (κ3) is 5.10. The summed E-state index contributed by atoms with van der Waals surface area (Å²) in [6.07, 6.45) is 0. The fraction of sp³-hybridized carbons (Fsp3) is 0. The third-order valence-electron chi connectivity index (χ3n) is 2.45. The van der Waals surface area contributed by atoms with Crippen LogP contribution in [0.3, 0.4) is 0 Å². The Labute approximate surface area is 151 Å². The van der Waals surface area contributed by atoms with Crippen molar-refractivity contribution in [3.63, 3.8) is 0 Å². The maximum absolute atomic E-state index is 12.0. The average molecular weight is 451 g/mol. The first kappa shape index (κ1) is 16.5. The Morgan fingerprint density at radius 3 is 2.19 bits per heavy atom. The van der Waals surface area contributed by atoms with Crippen molar-refractivity contribution >= 4 is 74.7 Å². The van der Waals surface area contributed by atoms with Gasteiger partial charge in [-0.05, 0) is 77.3 Å². The first-order valence-electron chi connectivity index (χ1n) is 5.78. The molecule has 0 saturated heterocycles. The second-order valence-corrected chi connectivity index (χ2v) is 6.60. The number of nitrogens with one attached hydrogen (secondary N) is 2. The molecule has 1 amide bonds. The van der Waals surface area contributed by atoms with E-state index in [4.69, 9.17) is 35.4 Å². The molecule has 3 nitrogen and oxygen atoms in total. The third-order valence-corrected chi connectivity index (χ3v) is 3.81. The van der Waals surface area contributed by atoms with Crippen molar-refractivity contribution in [3.8, 4) is 0 Å². The minimum atomic E-state index is -0.373. The van der Waals surface area contributed by atoms with Gasteiger partial charge in [-0.1, -0.05) is 23.2 Å². The van der Waals surface area contributed by atoms with Crippen LogP contribution in [0.2, 0.25) is 10.0 Å². The van der Waals surface area contributed by atoms with E-state index in [9.17, 15) is 4.79 Å². The van der Waals surface area contributed by atoms with E-state index in [0.29, 0.717) is 15.6 Å². The highest BCUT2D eigenvalue weighted by Crippen LogP contribution is 2.19. The molecule has 7 heteroatoms. The van der Waals surface area contributed by atoms with Crippen LogP contribution in [0.1, 0.15) is 10.4 Å². The lowest BCUT2D eigenvalue weighted by molar-refractivity contribution is 0.0977. The zero-order valence-corrected chi connectivity index (χ0v) is 15.0. The second-order valence-electron chi connectivity index (χ2n) is 4.07. The first-order valence-corrected chi connectivity index (χ1v) is 8.02. The number of hydrogen-bond donors (Lipinski definition) is 2. The molecule has 0 radical (unpaired) electrons. The minimum Gasteiger partial charge on any atom is -0.332 e. The van der Waals surface area contributed by atoms with Gasteiger partial charge in [0, 0.05) is 24.9 Å². The monoisotopic (exact) mass is 450 g/mol. The molecule has 0 heterocycles. The van der Waals surface area contributed by atoms with Crippen molar-refractivity contribution in [3.05, 3.63) is 61.6 Å². The van der Waals surface area contributed by atoms with Gasteiger partial charge in [0.25, 0.3) is 5.91 Å². The maximum atomic E-state index is 12.0. The number of carbonyl (C=O) groups is 1. The Kier molecular flexibility index (Phi) is 5.80. The van der Waals surface area contributed by atoms with Crippen LogP contribution >= 0.6 is 58.0 Å². The molecule has 0 atom stereocenters. The lowest BCUT2D eigenvalue weighted by Gasteiger charge is -2.10. The van der Waals surface area contributed by atoms with Crippen molar-refractivity contribution in [2.45, 2.75) is 0 Å². The Hall–Kier alpha value is -0.890. The molecule has 2 aromatic rings. The molecule has 0 fully saturated rings. The molecule has 21 heavy (non-hydrogen) atoms. The van der Waals surface area contributed by atoms with E-state index in [-0.39, 0.29) is 11.0 Å². The second kappa shape index (κ2) is 7.40. The van der Waals surface area contributed by atoms with E-state index in [1.54, 1.807) is 6.07 Å². The van der Waals surface area contributed by atoms with E-state index in [0.717, 1.165) is 9.26 Å². The van der Waals surface area contributed by atoms with Crippen molar-refractivity contribution < 1.29 is 4.79 Å². The van der Waals surface area contributed by atoms with Gasteiger partial charge >= 0.3 is 0 Å². The highest BCUT2D eigenvalue weighted by molar-refractivity contribution is 14.1. The molecule has 108 valence electrons. The first-order chi connectivity index (χ1) is 9.94. The molecule has 0 aliphatic heterocycles. The van der Waals surface area contributed by atoms with E-state index < -0.39 is 0 Å². The number of hydrogen-bond acceptors (Lipinski definition) is 2.